The number of hydrogen-bond acceptors (Lipinski definition) is 4. The van der Waals surface area contributed by atoms with Gasteiger partial charge in [-0.15, -0.1) is 0 Å². The van der Waals surface area contributed by atoms with Crippen LogP contribution in [0.3, 0.4) is 0 Å². The van der Waals surface area contributed by atoms with E-state index in [-0.39, 0.29) is 24.2 Å². The van der Waals surface area contributed by atoms with Gasteiger partial charge in [0.1, 0.15) is 0 Å². The van der Waals surface area contributed by atoms with Gasteiger partial charge in [-0.05, 0) is 37.1 Å². The lowest BCUT2D eigenvalue weighted by Crippen LogP contribution is -2.36. The number of nitrogens with one attached hydrogen (secondary N) is 1. The van der Waals surface area contributed by atoms with Crippen LogP contribution in [0.4, 0.5) is 5.69 Å². The molecule has 0 radical (unpaired) electrons. The fourth-order valence-corrected chi connectivity index (χ4v) is 3.28. The summed E-state index contributed by atoms with van der Waals surface area (Å²) in [4.78, 5) is 26.4. The molecule has 1 aromatic carbocycles. The molecule has 0 atom stereocenters. The molecule has 0 aromatic heterocycles. The summed E-state index contributed by atoms with van der Waals surface area (Å²) >= 11 is 0. The molecule has 1 saturated carbocycles. The zero-order valence-electron chi connectivity index (χ0n) is 13.4. The van der Waals surface area contributed by atoms with Crippen LogP contribution in [-0.4, -0.2) is 44.5 Å². The number of carbonyl (C=O) groups excluding carboxylic acids is 2. The first-order chi connectivity index (χ1) is 11.2. The highest BCUT2D eigenvalue weighted by Gasteiger charge is 2.22. The van der Waals surface area contributed by atoms with E-state index in [9.17, 15) is 9.59 Å². The minimum atomic E-state index is -0.0372. The lowest BCUT2D eigenvalue weighted by Gasteiger charge is -2.28. The molecule has 2 fully saturated rings. The number of carbonyl (C=O) groups is 2. The van der Waals surface area contributed by atoms with Gasteiger partial charge in [0.15, 0.2) is 5.78 Å². The molecule has 1 aromatic rings. The molecule has 124 valence electrons. The first-order valence-corrected chi connectivity index (χ1v) is 8.48. The molecule has 0 bridgehead atoms. The summed E-state index contributed by atoms with van der Waals surface area (Å²) in [5.41, 5.74) is 1.76. The van der Waals surface area contributed by atoms with Crippen molar-refractivity contribution >= 4 is 17.4 Å². The van der Waals surface area contributed by atoms with Crippen LogP contribution >= 0.6 is 0 Å². The number of rotatable bonds is 5. The summed E-state index contributed by atoms with van der Waals surface area (Å²) in [5.74, 6) is 0.0946. The van der Waals surface area contributed by atoms with Gasteiger partial charge >= 0.3 is 0 Å². The summed E-state index contributed by atoms with van der Waals surface area (Å²) in [7, 11) is 0. The highest BCUT2D eigenvalue weighted by atomic mass is 16.5. The van der Waals surface area contributed by atoms with Gasteiger partial charge in [0.05, 0.1) is 19.8 Å². The highest BCUT2D eigenvalue weighted by molar-refractivity contribution is 5.99. The molecule has 5 heteroatoms. The lowest BCUT2D eigenvalue weighted by molar-refractivity contribution is -0.124. The predicted molar refractivity (Wildman–Crippen MR) is 88.8 cm³/mol. The summed E-state index contributed by atoms with van der Waals surface area (Å²) in [6, 6.07) is 7.62. The number of Topliss-reactive ketones (excluding diaryl/α,β-unsaturated/α-hetero) is 1. The Labute approximate surface area is 137 Å². The maximum absolute atomic E-state index is 12.2. The molecule has 1 aliphatic heterocycles. The molecular weight excluding hydrogens is 292 g/mol. The Morgan fingerprint density at radius 3 is 2.39 bits per heavy atom. The minimum absolute atomic E-state index is 0.0285. The third kappa shape index (κ3) is 4.10. The Morgan fingerprint density at radius 1 is 1.09 bits per heavy atom. The maximum Gasteiger partial charge on any atom is 0.223 e. The van der Waals surface area contributed by atoms with Crippen molar-refractivity contribution in [2.24, 2.45) is 5.92 Å². The van der Waals surface area contributed by atoms with E-state index in [4.69, 9.17) is 4.74 Å². The van der Waals surface area contributed by atoms with Gasteiger partial charge in [0, 0.05) is 30.3 Å². The molecule has 5 nitrogen and oxygen atoms in total. The van der Waals surface area contributed by atoms with E-state index < -0.39 is 0 Å². The number of ketones is 1. The van der Waals surface area contributed by atoms with E-state index in [1.807, 2.05) is 24.3 Å². The Hall–Kier alpha value is -1.88. The average molecular weight is 316 g/mol. The van der Waals surface area contributed by atoms with E-state index >= 15 is 0 Å². The zero-order chi connectivity index (χ0) is 16.1. The van der Waals surface area contributed by atoms with Crippen molar-refractivity contribution in [2.75, 3.05) is 37.7 Å². The topological polar surface area (TPSA) is 58.6 Å². The Balaban J connectivity index is 1.51. The summed E-state index contributed by atoms with van der Waals surface area (Å²) < 4.78 is 5.34. The van der Waals surface area contributed by atoms with E-state index in [0.29, 0.717) is 5.56 Å². The van der Waals surface area contributed by atoms with Crippen LogP contribution in [0, 0.1) is 5.92 Å². The van der Waals surface area contributed by atoms with E-state index in [2.05, 4.69) is 10.2 Å². The van der Waals surface area contributed by atoms with Gasteiger partial charge in [-0.1, -0.05) is 12.8 Å². The van der Waals surface area contributed by atoms with Gasteiger partial charge in [0.2, 0.25) is 5.91 Å². The molecular formula is C18H24N2O3. The van der Waals surface area contributed by atoms with Gasteiger partial charge in [-0.3, -0.25) is 9.59 Å². The third-order valence-electron chi connectivity index (χ3n) is 4.71. The van der Waals surface area contributed by atoms with Crippen LogP contribution in [0.2, 0.25) is 0 Å². The second-order valence-electron chi connectivity index (χ2n) is 6.27. The van der Waals surface area contributed by atoms with Crippen LogP contribution < -0.4 is 10.2 Å². The van der Waals surface area contributed by atoms with Crippen LogP contribution in [0.5, 0.6) is 0 Å². The van der Waals surface area contributed by atoms with Crippen molar-refractivity contribution in [1.29, 1.82) is 0 Å². The Morgan fingerprint density at radius 2 is 1.74 bits per heavy atom. The van der Waals surface area contributed by atoms with E-state index in [0.717, 1.165) is 57.7 Å². The highest BCUT2D eigenvalue weighted by Crippen LogP contribution is 2.24. The van der Waals surface area contributed by atoms with Crippen molar-refractivity contribution in [3.05, 3.63) is 29.8 Å². The predicted octanol–water partition coefficient (Wildman–Crippen LogP) is 2.01. The molecule has 1 N–H and O–H groups in total. The van der Waals surface area contributed by atoms with Gasteiger partial charge in [-0.2, -0.15) is 0 Å². The van der Waals surface area contributed by atoms with Crippen molar-refractivity contribution in [3.8, 4) is 0 Å². The van der Waals surface area contributed by atoms with E-state index in [1.54, 1.807) is 0 Å². The summed E-state index contributed by atoms with van der Waals surface area (Å²) in [5, 5.41) is 2.79. The number of nitrogens with zero attached hydrogens (tertiary/aromatic N) is 1. The number of benzene rings is 1. The Bertz CT molecular complexity index is 544. The smallest absolute Gasteiger partial charge is 0.223 e. The van der Waals surface area contributed by atoms with Crippen molar-refractivity contribution in [1.82, 2.24) is 5.32 Å². The summed E-state index contributed by atoms with van der Waals surface area (Å²) in [6.07, 6.45) is 4.15. The molecule has 23 heavy (non-hydrogen) atoms. The number of hydrogen-bond donors (Lipinski definition) is 1. The summed E-state index contributed by atoms with van der Waals surface area (Å²) in [6.45, 7) is 3.34. The molecule has 3 rings (SSSR count). The SMILES string of the molecule is O=C(CNC(=O)C1CCCC1)c1ccc(N2CCOCC2)cc1. The first kappa shape index (κ1) is 16.0. The van der Waals surface area contributed by atoms with Gasteiger partial charge in [-0.25, -0.2) is 0 Å². The maximum atomic E-state index is 12.2. The molecule has 1 heterocycles. The van der Waals surface area contributed by atoms with Crippen LogP contribution in [0.15, 0.2) is 24.3 Å². The third-order valence-corrected chi connectivity index (χ3v) is 4.71. The lowest BCUT2D eigenvalue weighted by atomic mass is 10.1. The molecule has 0 spiro atoms. The van der Waals surface area contributed by atoms with Crippen LogP contribution in [0.1, 0.15) is 36.0 Å². The molecule has 1 aliphatic carbocycles. The number of morpholine rings is 1. The minimum Gasteiger partial charge on any atom is -0.378 e. The monoisotopic (exact) mass is 316 g/mol. The largest absolute Gasteiger partial charge is 0.378 e. The van der Waals surface area contributed by atoms with E-state index in [1.165, 1.54) is 0 Å². The molecule has 2 aliphatic rings. The fourth-order valence-electron chi connectivity index (χ4n) is 3.28. The molecule has 1 amide bonds. The van der Waals surface area contributed by atoms with Crippen LogP contribution in [0.25, 0.3) is 0 Å². The number of amides is 1. The normalized spacial score (nSPS) is 18.9. The van der Waals surface area contributed by atoms with Crippen molar-refractivity contribution < 1.29 is 14.3 Å². The number of anilines is 1. The fraction of sp³-hybridized carbons (Fsp3) is 0.556. The van der Waals surface area contributed by atoms with Gasteiger partial charge in [0.25, 0.3) is 0 Å². The first-order valence-electron chi connectivity index (χ1n) is 8.48. The molecule has 1 saturated heterocycles. The van der Waals surface area contributed by atoms with Crippen LogP contribution in [-0.2, 0) is 9.53 Å². The second-order valence-corrected chi connectivity index (χ2v) is 6.27. The zero-order valence-corrected chi connectivity index (χ0v) is 13.4. The second kappa shape index (κ2) is 7.59. The molecule has 0 unspecified atom stereocenters. The Kier molecular flexibility index (Phi) is 5.28. The average Bonchev–Trinajstić information content (AvgIpc) is 3.15. The van der Waals surface area contributed by atoms with Crippen molar-refractivity contribution in [2.45, 2.75) is 25.7 Å². The number of ether oxygens (including phenoxy) is 1. The van der Waals surface area contributed by atoms with Gasteiger partial charge < -0.3 is 15.0 Å². The quantitative estimate of drug-likeness (QED) is 0.844. The standard InChI is InChI=1S/C18H24N2O3/c21-17(13-19-18(22)15-3-1-2-4-15)14-5-7-16(8-6-14)20-9-11-23-12-10-20/h5-8,15H,1-4,9-13H2,(H,19,22). The van der Waals surface area contributed by atoms with Crippen molar-refractivity contribution in [3.63, 3.8) is 0 Å².